The average molecular weight is 138 g/mol. The van der Waals surface area contributed by atoms with E-state index in [0.29, 0.717) is 0 Å². The van der Waals surface area contributed by atoms with Crippen molar-refractivity contribution < 1.29 is 19.1 Å². The Hall–Kier alpha value is -0.0200. The van der Waals surface area contributed by atoms with Crippen LogP contribution in [0.3, 0.4) is 0 Å². The van der Waals surface area contributed by atoms with Crippen molar-refractivity contribution in [1.82, 2.24) is 0 Å². The van der Waals surface area contributed by atoms with E-state index in [1.807, 2.05) is 0 Å². The standard InChI is InChI=1S/C3H7O4P/c1-6-3(4,7-2)8-5/h4H,1-2H3. The lowest BCUT2D eigenvalue weighted by molar-refractivity contribution is -0.273. The van der Waals surface area contributed by atoms with Gasteiger partial charge in [-0.1, -0.05) is 0 Å². The quantitative estimate of drug-likeness (QED) is 0.446. The molecule has 0 fully saturated rings. The minimum absolute atomic E-state index is 0.602. The van der Waals surface area contributed by atoms with Crippen LogP contribution in [-0.2, 0) is 14.0 Å². The van der Waals surface area contributed by atoms with Gasteiger partial charge < -0.3 is 14.6 Å². The molecular weight excluding hydrogens is 131 g/mol. The second kappa shape index (κ2) is 3.10. The Kier molecular flexibility index (Phi) is 3.09. The second-order valence-electron chi connectivity index (χ2n) is 1.05. The fraction of sp³-hybridized carbons (Fsp3) is 1.00. The smallest absolute Gasteiger partial charge is 0.334 e. The van der Waals surface area contributed by atoms with Gasteiger partial charge in [-0.3, -0.25) is 4.57 Å². The van der Waals surface area contributed by atoms with Crippen molar-refractivity contribution in [2.45, 2.75) is 5.71 Å². The zero-order valence-electron chi connectivity index (χ0n) is 4.62. The summed E-state index contributed by atoms with van der Waals surface area (Å²) >= 11 is 0. The number of hydrogen-bond donors (Lipinski definition) is 1. The zero-order chi connectivity index (χ0) is 6.62. The molecule has 4 nitrogen and oxygen atoms in total. The molecule has 0 aliphatic rings. The molecule has 0 aromatic heterocycles. The molecule has 0 amide bonds. The highest BCUT2D eigenvalue weighted by Gasteiger charge is 2.25. The monoisotopic (exact) mass is 138 g/mol. The fourth-order valence-electron chi connectivity index (χ4n) is 0.158. The van der Waals surface area contributed by atoms with E-state index in [-0.39, 0.29) is 0 Å². The summed E-state index contributed by atoms with van der Waals surface area (Å²) in [6, 6.07) is 0. The molecule has 0 unspecified atom stereocenters. The van der Waals surface area contributed by atoms with E-state index in [1.54, 1.807) is 0 Å². The van der Waals surface area contributed by atoms with Crippen molar-refractivity contribution in [1.29, 1.82) is 0 Å². The lowest BCUT2D eigenvalue weighted by Crippen LogP contribution is -2.25. The highest BCUT2D eigenvalue weighted by atomic mass is 31.1. The first-order valence-electron chi connectivity index (χ1n) is 1.85. The van der Waals surface area contributed by atoms with E-state index in [2.05, 4.69) is 9.47 Å². The summed E-state index contributed by atoms with van der Waals surface area (Å²) in [7, 11) is 1.78. The first-order valence-corrected chi connectivity index (χ1v) is 2.67. The third-order valence-corrected chi connectivity index (χ3v) is 1.24. The summed E-state index contributed by atoms with van der Waals surface area (Å²) in [4.78, 5) is 0. The Balaban J connectivity index is 3.76. The van der Waals surface area contributed by atoms with Gasteiger partial charge in [0.25, 0.3) is 8.46 Å². The lowest BCUT2D eigenvalue weighted by Gasteiger charge is -2.13. The van der Waals surface area contributed by atoms with Crippen LogP contribution in [0.2, 0.25) is 0 Å². The van der Waals surface area contributed by atoms with Crippen LogP contribution < -0.4 is 0 Å². The van der Waals surface area contributed by atoms with Crippen LogP contribution in [0.15, 0.2) is 0 Å². The molecule has 0 aromatic carbocycles. The minimum Gasteiger partial charge on any atom is -0.334 e. The second-order valence-corrected chi connectivity index (χ2v) is 1.80. The Morgan fingerprint density at radius 1 is 1.50 bits per heavy atom. The molecule has 0 saturated carbocycles. The molecule has 0 saturated heterocycles. The Morgan fingerprint density at radius 3 is 1.88 bits per heavy atom. The number of rotatable bonds is 3. The van der Waals surface area contributed by atoms with Crippen molar-refractivity contribution in [2.75, 3.05) is 14.2 Å². The van der Waals surface area contributed by atoms with Gasteiger partial charge in [0.1, 0.15) is 0 Å². The highest BCUT2D eigenvalue weighted by Crippen LogP contribution is 2.19. The van der Waals surface area contributed by atoms with Gasteiger partial charge in [0.2, 0.25) is 0 Å². The lowest BCUT2D eigenvalue weighted by atomic mass is 11.2. The molecule has 8 heavy (non-hydrogen) atoms. The van der Waals surface area contributed by atoms with Crippen LogP contribution in [0, 0.1) is 0 Å². The van der Waals surface area contributed by atoms with Crippen molar-refractivity contribution in [3.63, 3.8) is 0 Å². The molecule has 0 heterocycles. The highest BCUT2D eigenvalue weighted by molar-refractivity contribution is 7.25. The van der Waals surface area contributed by atoms with E-state index in [0.717, 1.165) is 0 Å². The number of methoxy groups -OCH3 is 2. The third kappa shape index (κ3) is 1.84. The Morgan fingerprint density at radius 2 is 1.88 bits per heavy atom. The molecule has 0 radical (unpaired) electrons. The van der Waals surface area contributed by atoms with Crippen molar-refractivity contribution in [3.05, 3.63) is 0 Å². The van der Waals surface area contributed by atoms with Gasteiger partial charge >= 0.3 is 5.71 Å². The maximum Gasteiger partial charge on any atom is 0.365 e. The number of aliphatic hydroxyl groups is 1. The molecule has 0 aliphatic heterocycles. The molecule has 1 N–H and O–H groups in total. The van der Waals surface area contributed by atoms with E-state index < -0.39 is 14.2 Å². The van der Waals surface area contributed by atoms with Gasteiger partial charge in [-0.05, 0) is 0 Å². The molecule has 0 atom stereocenters. The van der Waals surface area contributed by atoms with E-state index in [9.17, 15) is 4.57 Å². The molecule has 0 aromatic rings. The predicted octanol–water partition coefficient (Wildman–Crippen LogP) is 0.174. The Labute approximate surface area is 48.6 Å². The van der Waals surface area contributed by atoms with Gasteiger partial charge in [-0.15, -0.1) is 0 Å². The summed E-state index contributed by atoms with van der Waals surface area (Å²) in [5, 5.41) is 8.67. The molecule has 0 rings (SSSR count). The minimum atomic E-state index is -1.96. The van der Waals surface area contributed by atoms with Gasteiger partial charge in [-0.2, -0.15) is 0 Å². The maximum absolute atomic E-state index is 9.89. The molecular formula is C3H7O4P. The molecule has 0 aliphatic carbocycles. The van der Waals surface area contributed by atoms with E-state index in [4.69, 9.17) is 5.11 Å². The van der Waals surface area contributed by atoms with Gasteiger partial charge in [0.15, 0.2) is 0 Å². The summed E-state index contributed by atoms with van der Waals surface area (Å²) in [5.74, 6) is 0. The topological polar surface area (TPSA) is 55.8 Å². The molecule has 0 bridgehead atoms. The van der Waals surface area contributed by atoms with Crippen LogP contribution in [0.1, 0.15) is 0 Å². The first kappa shape index (κ1) is 7.98. The van der Waals surface area contributed by atoms with Crippen LogP contribution >= 0.6 is 8.46 Å². The molecule has 5 heteroatoms. The van der Waals surface area contributed by atoms with Crippen LogP contribution in [0.25, 0.3) is 0 Å². The summed E-state index contributed by atoms with van der Waals surface area (Å²) in [6.45, 7) is 0. The Bertz CT molecular complexity index is 79.4. The maximum atomic E-state index is 9.89. The summed E-state index contributed by atoms with van der Waals surface area (Å²) in [5.41, 5.74) is -1.96. The van der Waals surface area contributed by atoms with Crippen LogP contribution in [0.4, 0.5) is 0 Å². The molecule has 48 valence electrons. The number of hydrogen-bond acceptors (Lipinski definition) is 4. The number of ether oxygens (including phenoxy) is 2. The average Bonchev–Trinajstić information content (AvgIpc) is 1.87. The first-order chi connectivity index (χ1) is 3.68. The molecule has 0 spiro atoms. The van der Waals surface area contributed by atoms with Gasteiger partial charge in [-0.25, -0.2) is 0 Å². The van der Waals surface area contributed by atoms with Gasteiger partial charge in [0, 0.05) is 14.2 Å². The summed E-state index contributed by atoms with van der Waals surface area (Å²) < 4.78 is 18.4. The van der Waals surface area contributed by atoms with E-state index >= 15 is 0 Å². The third-order valence-electron chi connectivity index (χ3n) is 0.647. The zero-order valence-corrected chi connectivity index (χ0v) is 5.51. The SMILES string of the molecule is COC(O)(OC)P=O. The fourth-order valence-corrected chi connectivity index (χ4v) is 0.307. The predicted molar refractivity (Wildman–Crippen MR) is 26.6 cm³/mol. The normalized spacial score (nSPS) is 12.4. The van der Waals surface area contributed by atoms with Crippen molar-refractivity contribution >= 4 is 8.46 Å². The van der Waals surface area contributed by atoms with Crippen molar-refractivity contribution in [3.8, 4) is 0 Å². The van der Waals surface area contributed by atoms with Crippen LogP contribution in [-0.4, -0.2) is 25.0 Å². The summed E-state index contributed by atoms with van der Waals surface area (Å²) in [6.07, 6.45) is 0. The van der Waals surface area contributed by atoms with E-state index in [1.165, 1.54) is 14.2 Å². The van der Waals surface area contributed by atoms with Gasteiger partial charge in [0.05, 0.1) is 0 Å². The van der Waals surface area contributed by atoms with Crippen molar-refractivity contribution in [2.24, 2.45) is 0 Å². The largest absolute Gasteiger partial charge is 0.365 e. The van der Waals surface area contributed by atoms with Crippen LogP contribution in [0.5, 0.6) is 0 Å².